The van der Waals surface area contributed by atoms with Gasteiger partial charge in [-0.3, -0.25) is 0 Å². The first-order valence-corrected chi connectivity index (χ1v) is 13.4. The number of hydroxylamine groups is 2. The van der Waals surface area contributed by atoms with Crippen LogP contribution in [-0.4, -0.2) is 45.8 Å². The van der Waals surface area contributed by atoms with E-state index in [0.717, 1.165) is 37.1 Å². The molecule has 7 fully saturated rings. The van der Waals surface area contributed by atoms with Crippen LogP contribution in [0.2, 0.25) is 0 Å². The highest BCUT2D eigenvalue weighted by Gasteiger charge is 2.92. The Kier molecular flexibility index (Phi) is 3.33. The molecule has 0 bridgehead atoms. The van der Waals surface area contributed by atoms with Crippen LogP contribution < -0.4 is 0 Å². The van der Waals surface area contributed by atoms with Crippen molar-refractivity contribution in [3.05, 3.63) is 11.6 Å². The molecule has 2 N–H and O–H groups in total. The van der Waals surface area contributed by atoms with Crippen molar-refractivity contribution in [2.24, 2.45) is 45.8 Å². The van der Waals surface area contributed by atoms with Gasteiger partial charge < -0.3 is 15.1 Å². The third-order valence-electron chi connectivity index (χ3n) is 12.9. The zero-order valence-electron chi connectivity index (χ0n) is 19.2. The molecule has 2 aliphatic heterocycles. The molecule has 3 spiro atoms. The maximum Gasteiger partial charge on any atom is 0.0793 e. The minimum absolute atomic E-state index is 0.0830. The van der Waals surface area contributed by atoms with Gasteiger partial charge in [0.15, 0.2) is 0 Å². The molecule has 4 heteroatoms. The topological polar surface area (TPSA) is 52.9 Å². The lowest BCUT2D eigenvalue weighted by molar-refractivity contribution is -0.212. The van der Waals surface area contributed by atoms with Crippen molar-refractivity contribution in [2.75, 3.05) is 6.54 Å². The Labute approximate surface area is 186 Å². The summed E-state index contributed by atoms with van der Waals surface area (Å²) in [4.78, 5) is 0. The van der Waals surface area contributed by atoms with Gasteiger partial charge in [-0.1, -0.05) is 25.5 Å². The average molecular weight is 426 g/mol. The largest absolute Gasteiger partial charge is 0.389 e. The predicted molar refractivity (Wildman–Crippen MR) is 116 cm³/mol. The molecule has 0 aromatic rings. The Morgan fingerprint density at radius 3 is 2.84 bits per heavy atom. The standard InChI is InChI=1S/C27H39NO3/c1-15-9-22-23(28(30)13-15)21-12-26-14-25(26)11-20-18(19(25)6-8-27(21,26)31-22)4-3-16-10-17(29)5-7-24(16,20)2/h10,15,17-23,29-30H,3-9,11-14H2,1-2H3/t15-,17-,18?,19-,20-,21+,22+,23-,24?,25?,26?,27+/m0/s1. The normalized spacial score (nSPS) is 65.7. The van der Waals surface area contributed by atoms with E-state index < -0.39 is 0 Å². The van der Waals surface area contributed by atoms with Gasteiger partial charge in [0.25, 0.3) is 0 Å². The lowest BCUT2D eigenvalue weighted by atomic mass is 9.48. The van der Waals surface area contributed by atoms with Crippen LogP contribution in [0.1, 0.15) is 78.1 Å². The number of fused-ring (bicyclic) bond motifs is 6. The molecule has 170 valence electrons. The Morgan fingerprint density at radius 2 is 1.97 bits per heavy atom. The molecule has 4 unspecified atom stereocenters. The molecule has 0 radical (unpaired) electrons. The molecule has 2 heterocycles. The Bertz CT molecular complexity index is 888. The van der Waals surface area contributed by atoms with Crippen LogP contribution in [0, 0.1) is 45.8 Å². The Morgan fingerprint density at radius 1 is 1.10 bits per heavy atom. The van der Waals surface area contributed by atoms with Gasteiger partial charge in [-0.05, 0) is 98.7 Å². The van der Waals surface area contributed by atoms with Crippen LogP contribution in [0.4, 0.5) is 0 Å². The number of hydrogen-bond acceptors (Lipinski definition) is 4. The molecule has 6 aliphatic carbocycles. The SMILES string of the molecule is C[C@H]1C[C@H]2O[C@@]34CC[C@H]5C6CCC7=C[C@@H](O)CCC7(C)[C@H]6CC56CC63C[C@@H]4[C@@H]2N(O)C1. The number of aliphatic hydroxyl groups is 1. The smallest absolute Gasteiger partial charge is 0.0793 e. The van der Waals surface area contributed by atoms with Gasteiger partial charge >= 0.3 is 0 Å². The van der Waals surface area contributed by atoms with Crippen molar-refractivity contribution in [3.8, 4) is 0 Å². The minimum atomic E-state index is -0.205. The van der Waals surface area contributed by atoms with E-state index in [1.165, 1.54) is 51.4 Å². The average Bonchev–Trinajstić information content (AvgIpc) is 3.19. The summed E-state index contributed by atoms with van der Waals surface area (Å²) < 4.78 is 7.10. The number of piperidine rings is 1. The van der Waals surface area contributed by atoms with Crippen LogP contribution in [-0.2, 0) is 4.74 Å². The van der Waals surface area contributed by atoms with E-state index in [1.54, 1.807) is 10.6 Å². The number of allylic oxidation sites excluding steroid dienone is 1. The molecule has 12 atom stereocenters. The molecule has 4 nitrogen and oxygen atoms in total. The van der Waals surface area contributed by atoms with Gasteiger partial charge in [0.2, 0.25) is 0 Å². The third kappa shape index (κ3) is 1.87. The fourth-order valence-electron chi connectivity index (χ4n) is 11.8. The summed E-state index contributed by atoms with van der Waals surface area (Å²) >= 11 is 0. The van der Waals surface area contributed by atoms with Crippen molar-refractivity contribution in [2.45, 2.75) is 102 Å². The van der Waals surface area contributed by atoms with Crippen LogP contribution in [0.5, 0.6) is 0 Å². The second kappa shape index (κ2) is 5.45. The van der Waals surface area contributed by atoms with E-state index in [-0.39, 0.29) is 23.9 Å². The van der Waals surface area contributed by atoms with E-state index in [2.05, 4.69) is 19.9 Å². The zero-order valence-corrected chi connectivity index (χ0v) is 19.2. The minimum Gasteiger partial charge on any atom is -0.389 e. The first-order chi connectivity index (χ1) is 14.8. The Hall–Kier alpha value is -0.420. The summed E-state index contributed by atoms with van der Waals surface area (Å²) in [6.07, 6.45) is 14.9. The highest BCUT2D eigenvalue weighted by molar-refractivity contribution is 5.41. The summed E-state index contributed by atoms with van der Waals surface area (Å²) in [6, 6.07) is 0.256. The van der Waals surface area contributed by atoms with E-state index >= 15 is 0 Å². The number of rotatable bonds is 0. The van der Waals surface area contributed by atoms with Gasteiger partial charge in [-0.15, -0.1) is 0 Å². The summed E-state index contributed by atoms with van der Waals surface area (Å²) in [6.45, 7) is 5.64. The fraction of sp³-hybridized carbons (Fsp3) is 0.926. The van der Waals surface area contributed by atoms with Gasteiger partial charge in [0.05, 0.1) is 23.9 Å². The van der Waals surface area contributed by atoms with Gasteiger partial charge in [0.1, 0.15) is 0 Å². The number of nitrogens with zero attached hydrogens (tertiary/aromatic N) is 1. The quantitative estimate of drug-likeness (QED) is 0.559. The van der Waals surface area contributed by atoms with E-state index in [1.807, 2.05) is 0 Å². The summed E-state index contributed by atoms with van der Waals surface area (Å²) in [5, 5.41) is 22.8. The first-order valence-electron chi connectivity index (χ1n) is 13.4. The van der Waals surface area contributed by atoms with Gasteiger partial charge in [-0.25, -0.2) is 0 Å². The maximum atomic E-state index is 10.8. The monoisotopic (exact) mass is 425 g/mol. The van der Waals surface area contributed by atoms with Crippen molar-refractivity contribution >= 4 is 0 Å². The maximum absolute atomic E-state index is 10.8. The molecule has 0 aromatic heterocycles. The van der Waals surface area contributed by atoms with E-state index in [4.69, 9.17) is 4.74 Å². The number of hydrogen-bond donors (Lipinski definition) is 2. The summed E-state index contributed by atoms with van der Waals surface area (Å²) in [7, 11) is 0. The lowest BCUT2D eigenvalue weighted by Gasteiger charge is -2.60. The predicted octanol–water partition coefficient (Wildman–Crippen LogP) is 4.55. The fourth-order valence-corrected chi connectivity index (χ4v) is 11.8. The van der Waals surface area contributed by atoms with Crippen molar-refractivity contribution < 1.29 is 15.1 Å². The van der Waals surface area contributed by atoms with Gasteiger partial charge in [-0.2, -0.15) is 5.06 Å². The summed E-state index contributed by atoms with van der Waals surface area (Å²) in [5.74, 6) is 3.71. The van der Waals surface area contributed by atoms with E-state index in [0.29, 0.717) is 28.1 Å². The molecule has 2 saturated heterocycles. The third-order valence-corrected chi connectivity index (χ3v) is 12.9. The molecule has 0 amide bonds. The number of ether oxygens (including phenoxy) is 1. The van der Waals surface area contributed by atoms with Crippen molar-refractivity contribution in [3.63, 3.8) is 0 Å². The molecule has 0 aromatic carbocycles. The first kappa shape index (κ1) is 18.9. The zero-order chi connectivity index (χ0) is 21.0. The molecule has 8 aliphatic rings. The highest BCUT2D eigenvalue weighted by atomic mass is 16.5. The molecule has 8 rings (SSSR count). The van der Waals surface area contributed by atoms with Crippen molar-refractivity contribution in [1.29, 1.82) is 0 Å². The Balaban J connectivity index is 1.15. The number of aliphatic hydroxyl groups excluding tert-OH is 1. The second-order valence-corrected chi connectivity index (χ2v) is 13.6. The molecule has 31 heavy (non-hydrogen) atoms. The highest BCUT2D eigenvalue weighted by Crippen LogP contribution is 2.93. The molecular formula is C27H39NO3. The molecular weight excluding hydrogens is 386 g/mol. The lowest BCUT2D eigenvalue weighted by Crippen LogP contribution is -2.64. The molecule has 5 saturated carbocycles. The van der Waals surface area contributed by atoms with Crippen LogP contribution in [0.15, 0.2) is 11.6 Å². The van der Waals surface area contributed by atoms with Crippen LogP contribution in [0.3, 0.4) is 0 Å². The van der Waals surface area contributed by atoms with Crippen LogP contribution in [0.25, 0.3) is 0 Å². The van der Waals surface area contributed by atoms with Gasteiger partial charge in [0, 0.05) is 17.9 Å². The van der Waals surface area contributed by atoms with E-state index in [9.17, 15) is 10.3 Å². The van der Waals surface area contributed by atoms with Crippen molar-refractivity contribution in [1.82, 2.24) is 5.06 Å². The second-order valence-electron chi connectivity index (χ2n) is 13.6. The summed E-state index contributed by atoms with van der Waals surface area (Å²) in [5.41, 5.74) is 2.97. The van der Waals surface area contributed by atoms with Crippen LogP contribution >= 0.6 is 0 Å².